The zero-order valence-electron chi connectivity index (χ0n) is 14.6. The van der Waals surface area contributed by atoms with E-state index >= 15 is 0 Å². The Morgan fingerprint density at radius 1 is 0.962 bits per heavy atom. The minimum atomic E-state index is -0.410. The van der Waals surface area contributed by atoms with E-state index in [0.29, 0.717) is 29.5 Å². The molecule has 2 aromatic rings. The van der Waals surface area contributed by atoms with Gasteiger partial charge in [0.05, 0.1) is 0 Å². The van der Waals surface area contributed by atoms with Crippen molar-refractivity contribution in [3.05, 3.63) is 65.5 Å². The molecular weight excluding hydrogens is 331 g/mol. The smallest absolute Gasteiger partial charge is 0.248 e. The largest absolute Gasteiger partial charge is 0.366 e. The van der Waals surface area contributed by atoms with Crippen molar-refractivity contribution in [1.82, 2.24) is 0 Å². The molecule has 1 fully saturated rings. The molecule has 5 heteroatoms. The molecule has 0 unspecified atom stereocenters. The van der Waals surface area contributed by atoms with Crippen LogP contribution in [-0.4, -0.2) is 11.8 Å². The first-order valence-electron chi connectivity index (χ1n) is 8.96. The Balaban J connectivity index is 1.48. The third-order valence-corrected chi connectivity index (χ3v) is 5.12. The first-order chi connectivity index (χ1) is 12.5. The average Bonchev–Trinajstić information content (AvgIpc) is 2.64. The maximum atomic E-state index is 12.9. The van der Waals surface area contributed by atoms with Crippen LogP contribution in [0.15, 0.2) is 48.5 Å². The van der Waals surface area contributed by atoms with E-state index in [4.69, 9.17) is 5.73 Å². The normalized spacial score (nSPS) is 19.7. The number of primary amides is 1. The van der Waals surface area contributed by atoms with Crippen LogP contribution in [0.3, 0.4) is 0 Å². The molecule has 3 N–H and O–H groups in total. The van der Waals surface area contributed by atoms with Crippen molar-refractivity contribution in [1.29, 1.82) is 0 Å². The van der Waals surface area contributed by atoms with E-state index in [0.717, 1.165) is 25.7 Å². The van der Waals surface area contributed by atoms with Crippen LogP contribution in [-0.2, 0) is 4.79 Å². The molecule has 4 nitrogen and oxygen atoms in total. The highest BCUT2D eigenvalue weighted by atomic mass is 19.1. The van der Waals surface area contributed by atoms with Gasteiger partial charge in [0.15, 0.2) is 0 Å². The Kier molecular flexibility index (Phi) is 5.66. The fourth-order valence-electron chi connectivity index (χ4n) is 3.63. The number of halogens is 1. The van der Waals surface area contributed by atoms with Crippen LogP contribution in [0.5, 0.6) is 0 Å². The molecule has 136 valence electrons. The molecule has 0 aromatic heterocycles. The molecule has 2 amide bonds. The lowest BCUT2D eigenvalue weighted by molar-refractivity contribution is -0.117. The summed E-state index contributed by atoms with van der Waals surface area (Å²) in [4.78, 5) is 23.3. The fraction of sp³-hybridized carbons (Fsp3) is 0.333. The van der Waals surface area contributed by atoms with Gasteiger partial charge in [0.2, 0.25) is 11.8 Å². The van der Waals surface area contributed by atoms with Crippen LogP contribution >= 0.6 is 0 Å². The summed E-state index contributed by atoms with van der Waals surface area (Å²) in [6, 6.07) is 13.3. The molecule has 0 bridgehead atoms. The first-order valence-corrected chi connectivity index (χ1v) is 8.96. The molecule has 3 rings (SSSR count). The summed E-state index contributed by atoms with van der Waals surface area (Å²) in [6.45, 7) is 0. The molecule has 1 saturated carbocycles. The van der Waals surface area contributed by atoms with Gasteiger partial charge in [-0.05, 0) is 79.5 Å². The fourth-order valence-corrected chi connectivity index (χ4v) is 3.63. The van der Waals surface area contributed by atoms with Crippen LogP contribution < -0.4 is 11.1 Å². The van der Waals surface area contributed by atoms with Crippen molar-refractivity contribution in [2.45, 2.75) is 38.0 Å². The summed E-state index contributed by atoms with van der Waals surface area (Å²) >= 11 is 0. The van der Waals surface area contributed by atoms with Gasteiger partial charge in [0.25, 0.3) is 0 Å². The van der Waals surface area contributed by atoms with E-state index in [-0.39, 0.29) is 11.7 Å². The highest BCUT2D eigenvalue weighted by Crippen LogP contribution is 2.37. The van der Waals surface area contributed by atoms with Crippen LogP contribution in [0, 0.1) is 11.7 Å². The third-order valence-electron chi connectivity index (χ3n) is 5.12. The van der Waals surface area contributed by atoms with Gasteiger partial charge in [0, 0.05) is 17.7 Å². The van der Waals surface area contributed by atoms with E-state index in [9.17, 15) is 14.0 Å². The van der Waals surface area contributed by atoms with Crippen molar-refractivity contribution in [2.24, 2.45) is 11.7 Å². The number of carbonyl (C=O) groups is 2. The van der Waals surface area contributed by atoms with Crippen molar-refractivity contribution >= 4 is 17.5 Å². The van der Waals surface area contributed by atoms with Gasteiger partial charge >= 0.3 is 0 Å². The minimum absolute atomic E-state index is 0.0223. The monoisotopic (exact) mass is 354 g/mol. The second-order valence-corrected chi connectivity index (χ2v) is 6.96. The van der Waals surface area contributed by atoms with Crippen LogP contribution in [0.2, 0.25) is 0 Å². The second kappa shape index (κ2) is 8.13. The number of nitrogens with two attached hydrogens (primary N) is 1. The number of amides is 2. The topological polar surface area (TPSA) is 72.2 Å². The Morgan fingerprint density at radius 2 is 1.58 bits per heavy atom. The number of anilines is 1. The predicted molar refractivity (Wildman–Crippen MR) is 99.3 cm³/mol. The van der Waals surface area contributed by atoms with Crippen LogP contribution in [0.1, 0.15) is 53.9 Å². The number of benzene rings is 2. The Labute approximate surface area is 152 Å². The van der Waals surface area contributed by atoms with Gasteiger partial charge in [-0.1, -0.05) is 12.1 Å². The summed E-state index contributed by atoms with van der Waals surface area (Å²) < 4.78 is 12.9. The van der Waals surface area contributed by atoms with Crippen molar-refractivity contribution in [3.63, 3.8) is 0 Å². The molecule has 0 saturated heterocycles. The molecule has 1 aliphatic rings. The molecule has 2 aromatic carbocycles. The van der Waals surface area contributed by atoms with Crippen molar-refractivity contribution < 1.29 is 14.0 Å². The quantitative estimate of drug-likeness (QED) is 0.843. The first kappa shape index (κ1) is 18.1. The van der Waals surface area contributed by atoms with Crippen LogP contribution in [0.25, 0.3) is 0 Å². The Bertz CT molecular complexity index is 764. The number of hydrogen-bond acceptors (Lipinski definition) is 2. The molecule has 0 spiro atoms. The summed E-state index contributed by atoms with van der Waals surface area (Å²) in [5.41, 5.74) is 7.65. The molecule has 26 heavy (non-hydrogen) atoms. The zero-order valence-corrected chi connectivity index (χ0v) is 14.6. The van der Waals surface area contributed by atoms with Gasteiger partial charge in [0.1, 0.15) is 5.82 Å². The summed E-state index contributed by atoms with van der Waals surface area (Å²) in [5, 5.41) is 2.83. The highest BCUT2D eigenvalue weighted by molar-refractivity contribution is 5.92. The number of hydrogen-bond donors (Lipinski definition) is 2. The van der Waals surface area contributed by atoms with E-state index in [1.165, 1.54) is 17.7 Å². The Morgan fingerprint density at radius 3 is 2.15 bits per heavy atom. The van der Waals surface area contributed by atoms with E-state index < -0.39 is 5.91 Å². The maximum Gasteiger partial charge on any atom is 0.248 e. The van der Waals surface area contributed by atoms with Crippen molar-refractivity contribution in [2.75, 3.05) is 5.32 Å². The molecule has 1 aliphatic carbocycles. The lowest BCUT2D eigenvalue weighted by Gasteiger charge is -2.28. The molecular formula is C21H23FN2O2. The second-order valence-electron chi connectivity index (χ2n) is 6.96. The number of nitrogens with one attached hydrogen (secondary N) is 1. The Hall–Kier alpha value is -2.69. The third kappa shape index (κ3) is 4.69. The summed E-state index contributed by atoms with van der Waals surface area (Å²) in [5.74, 6) is 0.0911. The lowest BCUT2D eigenvalue weighted by Crippen LogP contribution is -2.20. The molecule has 0 radical (unpaired) electrons. The molecule has 0 aliphatic heterocycles. The van der Waals surface area contributed by atoms with Crippen molar-refractivity contribution in [3.8, 4) is 0 Å². The van der Waals surface area contributed by atoms with Crippen LogP contribution in [0.4, 0.5) is 10.1 Å². The number of carbonyl (C=O) groups excluding carboxylic acids is 2. The standard InChI is InChI=1S/C21H23FN2O2/c22-18-9-11-19(12-10-18)24-20(25)13-14-1-3-15(4-2-14)16-5-7-17(8-6-16)21(23)26/h5-12,14-15H,1-4,13H2,(H2,23,26)(H,24,25). The van der Waals surface area contributed by atoms with E-state index in [1.54, 1.807) is 24.3 Å². The van der Waals surface area contributed by atoms with E-state index in [2.05, 4.69) is 5.32 Å². The number of rotatable bonds is 5. The maximum absolute atomic E-state index is 12.9. The molecule has 0 heterocycles. The van der Waals surface area contributed by atoms with Gasteiger partial charge in [-0.3, -0.25) is 9.59 Å². The minimum Gasteiger partial charge on any atom is -0.366 e. The summed E-state index contributed by atoms with van der Waals surface area (Å²) in [6.07, 6.45) is 4.55. The van der Waals surface area contributed by atoms with Gasteiger partial charge < -0.3 is 11.1 Å². The SMILES string of the molecule is NC(=O)c1ccc(C2CCC(CC(=O)Nc3ccc(F)cc3)CC2)cc1. The van der Waals surface area contributed by atoms with Gasteiger partial charge in [-0.25, -0.2) is 4.39 Å². The van der Waals surface area contributed by atoms with E-state index in [1.807, 2.05) is 12.1 Å². The highest BCUT2D eigenvalue weighted by Gasteiger charge is 2.24. The lowest BCUT2D eigenvalue weighted by atomic mass is 9.77. The van der Waals surface area contributed by atoms with Gasteiger partial charge in [-0.2, -0.15) is 0 Å². The zero-order chi connectivity index (χ0) is 18.5. The average molecular weight is 354 g/mol. The van der Waals surface area contributed by atoms with Gasteiger partial charge in [-0.15, -0.1) is 0 Å². The molecule has 0 atom stereocenters. The summed E-state index contributed by atoms with van der Waals surface area (Å²) in [7, 11) is 0. The predicted octanol–water partition coefficient (Wildman–Crippen LogP) is 4.23.